The van der Waals surface area contributed by atoms with E-state index in [1.54, 1.807) is 36.4 Å². The lowest BCUT2D eigenvalue weighted by Crippen LogP contribution is -2.36. The van der Waals surface area contributed by atoms with Crippen LogP contribution in [-0.4, -0.2) is 23.0 Å². The molecule has 7 nitrogen and oxygen atoms in total. The maximum absolute atomic E-state index is 12.2. The maximum atomic E-state index is 12.2. The number of halogens is 1. The molecule has 0 heterocycles. The van der Waals surface area contributed by atoms with E-state index in [-0.39, 0.29) is 24.4 Å². The molecule has 0 radical (unpaired) electrons. The Morgan fingerprint density at radius 2 is 1.65 bits per heavy atom. The van der Waals surface area contributed by atoms with Crippen LogP contribution in [0.1, 0.15) is 33.9 Å². The number of hydrogen-bond acceptors (Lipinski definition) is 3. The summed E-state index contributed by atoms with van der Waals surface area (Å²) in [6.45, 7) is 0.239. The van der Waals surface area contributed by atoms with Gasteiger partial charge in [0.15, 0.2) is 0 Å². The molecule has 1 atom stereocenters. The van der Waals surface area contributed by atoms with E-state index in [9.17, 15) is 14.4 Å². The monoisotopic (exact) mass is 375 g/mol. The van der Waals surface area contributed by atoms with Crippen molar-refractivity contribution in [3.63, 3.8) is 0 Å². The van der Waals surface area contributed by atoms with E-state index in [1.165, 1.54) is 12.1 Å². The second-order valence-corrected chi connectivity index (χ2v) is 6.03. The topological polar surface area (TPSA) is 122 Å². The van der Waals surface area contributed by atoms with E-state index in [2.05, 4.69) is 10.6 Å². The number of hydrogen-bond donors (Lipinski definition) is 4. The van der Waals surface area contributed by atoms with Crippen LogP contribution in [0.5, 0.6) is 0 Å². The molecule has 0 saturated heterocycles. The molecular formula is C18H18ClN3O4. The summed E-state index contributed by atoms with van der Waals surface area (Å²) in [6.07, 6.45) is -0.00220. The molecule has 26 heavy (non-hydrogen) atoms. The number of rotatable bonds is 7. The summed E-state index contributed by atoms with van der Waals surface area (Å²) in [5, 5.41) is 14.7. The van der Waals surface area contributed by atoms with Crippen LogP contribution in [0.15, 0.2) is 48.5 Å². The van der Waals surface area contributed by atoms with Gasteiger partial charge in [0.05, 0.1) is 18.0 Å². The Bertz CT molecular complexity index is 791. The van der Waals surface area contributed by atoms with Gasteiger partial charge in [-0.25, -0.2) is 9.59 Å². The molecule has 1 unspecified atom stereocenters. The Hall–Kier alpha value is -3.06. The van der Waals surface area contributed by atoms with Crippen molar-refractivity contribution in [1.29, 1.82) is 0 Å². The van der Waals surface area contributed by atoms with Gasteiger partial charge in [0, 0.05) is 11.6 Å². The Morgan fingerprint density at radius 1 is 1.04 bits per heavy atom. The van der Waals surface area contributed by atoms with Crippen molar-refractivity contribution in [3.05, 3.63) is 70.2 Å². The first kappa shape index (κ1) is 19.3. The second kappa shape index (κ2) is 8.87. The van der Waals surface area contributed by atoms with Gasteiger partial charge in [-0.1, -0.05) is 35.9 Å². The average Bonchev–Trinajstić information content (AvgIpc) is 2.60. The summed E-state index contributed by atoms with van der Waals surface area (Å²) in [6, 6.07) is 11.6. The van der Waals surface area contributed by atoms with Gasteiger partial charge in [0.1, 0.15) is 0 Å². The minimum atomic E-state index is -1.01. The fourth-order valence-corrected chi connectivity index (χ4v) is 2.47. The van der Waals surface area contributed by atoms with Gasteiger partial charge in [-0.2, -0.15) is 0 Å². The van der Waals surface area contributed by atoms with Crippen molar-refractivity contribution in [2.75, 3.05) is 0 Å². The van der Waals surface area contributed by atoms with Crippen LogP contribution < -0.4 is 16.4 Å². The molecule has 3 amide bonds. The molecule has 0 aliphatic heterocycles. The van der Waals surface area contributed by atoms with E-state index in [0.717, 1.165) is 5.56 Å². The van der Waals surface area contributed by atoms with Gasteiger partial charge in [0.25, 0.3) is 0 Å². The van der Waals surface area contributed by atoms with E-state index in [0.29, 0.717) is 10.6 Å². The van der Waals surface area contributed by atoms with E-state index in [1.807, 2.05) is 0 Å². The van der Waals surface area contributed by atoms with Gasteiger partial charge >= 0.3 is 12.0 Å². The standard InChI is InChI=1S/C18H18ClN3O4/c19-14-7-5-12(6-8-14)15(22-18(20)26)9-16(23)21-10-11-1-3-13(4-2-11)17(24)25/h1-8,15H,9-10H2,(H,21,23)(H,24,25)(H3,20,22,26). The van der Waals surface area contributed by atoms with E-state index < -0.39 is 18.0 Å². The van der Waals surface area contributed by atoms with Crippen LogP contribution in [0, 0.1) is 0 Å². The first-order chi connectivity index (χ1) is 12.3. The number of nitrogens with one attached hydrogen (secondary N) is 2. The molecule has 0 aromatic heterocycles. The molecule has 5 N–H and O–H groups in total. The van der Waals surface area contributed by atoms with Gasteiger partial charge in [-0.3, -0.25) is 4.79 Å². The highest BCUT2D eigenvalue weighted by Crippen LogP contribution is 2.19. The third-order valence-electron chi connectivity index (χ3n) is 3.67. The second-order valence-electron chi connectivity index (χ2n) is 5.60. The minimum Gasteiger partial charge on any atom is -0.478 e. The largest absolute Gasteiger partial charge is 0.478 e. The van der Waals surface area contributed by atoms with Crippen molar-refractivity contribution < 1.29 is 19.5 Å². The summed E-state index contributed by atoms with van der Waals surface area (Å²) in [4.78, 5) is 34.2. The average molecular weight is 376 g/mol. The van der Waals surface area contributed by atoms with Crippen LogP contribution in [0.2, 0.25) is 5.02 Å². The predicted octanol–water partition coefficient (Wildman–Crippen LogP) is 2.45. The number of aromatic carboxylic acids is 1. The Kier molecular flexibility index (Phi) is 6.57. The summed E-state index contributed by atoms with van der Waals surface area (Å²) < 4.78 is 0. The van der Waals surface area contributed by atoms with Crippen molar-refractivity contribution in [2.24, 2.45) is 5.73 Å². The number of carbonyl (C=O) groups excluding carboxylic acids is 2. The zero-order valence-corrected chi connectivity index (χ0v) is 14.5. The molecule has 2 aromatic carbocycles. The quantitative estimate of drug-likeness (QED) is 0.593. The SMILES string of the molecule is NC(=O)NC(CC(=O)NCc1ccc(C(=O)O)cc1)c1ccc(Cl)cc1. The number of nitrogens with two attached hydrogens (primary N) is 1. The first-order valence-electron chi connectivity index (χ1n) is 7.75. The zero-order chi connectivity index (χ0) is 19.1. The third-order valence-corrected chi connectivity index (χ3v) is 3.92. The van der Waals surface area contributed by atoms with Crippen molar-refractivity contribution in [1.82, 2.24) is 10.6 Å². The molecule has 8 heteroatoms. The molecule has 0 aliphatic rings. The van der Waals surface area contributed by atoms with Crippen LogP contribution in [-0.2, 0) is 11.3 Å². The molecule has 0 saturated carbocycles. The molecule has 0 fully saturated rings. The fraction of sp³-hybridized carbons (Fsp3) is 0.167. The Balaban J connectivity index is 1.97. The lowest BCUT2D eigenvalue weighted by Gasteiger charge is -2.18. The molecule has 136 valence electrons. The molecule has 2 aromatic rings. The summed E-state index contributed by atoms with van der Waals surface area (Å²) in [7, 11) is 0. The smallest absolute Gasteiger partial charge is 0.335 e. The Labute approximate surface area is 155 Å². The Morgan fingerprint density at radius 3 is 2.19 bits per heavy atom. The number of benzene rings is 2. The lowest BCUT2D eigenvalue weighted by atomic mass is 10.0. The molecule has 0 aliphatic carbocycles. The van der Waals surface area contributed by atoms with Crippen LogP contribution in [0.4, 0.5) is 4.79 Å². The number of carboxylic acid groups (broad SMARTS) is 1. The van der Waals surface area contributed by atoms with Crippen LogP contribution >= 0.6 is 11.6 Å². The van der Waals surface area contributed by atoms with Gasteiger partial charge in [0.2, 0.25) is 5.91 Å². The predicted molar refractivity (Wildman–Crippen MR) is 96.8 cm³/mol. The molecule has 2 rings (SSSR count). The summed E-state index contributed by atoms with van der Waals surface area (Å²) in [5.41, 5.74) is 6.82. The van der Waals surface area contributed by atoms with E-state index in [4.69, 9.17) is 22.4 Å². The highest BCUT2D eigenvalue weighted by atomic mass is 35.5. The number of urea groups is 1. The first-order valence-corrected chi connectivity index (χ1v) is 8.13. The van der Waals surface area contributed by atoms with Crippen molar-refractivity contribution >= 4 is 29.5 Å². The number of carbonyl (C=O) groups is 3. The normalized spacial score (nSPS) is 11.4. The van der Waals surface area contributed by atoms with Gasteiger partial charge < -0.3 is 21.5 Å². The number of amides is 3. The number of carboxylic acids is 1. The summed E-state index contributed by atoms with van der Waals surface area (Å²) in [5.74, 6) is -1.30. The fourth-order valence-electron chi connectivity index (χ4n) is 2.34. The summed E-state index contributed by atoms with van der Waals surface area (Å²) >= 11 is 5.85. The van der Waals surface area contributed by atoms with E-state index >= 15 is 0 Å². The molecular weight excluding hydrogens is 358 g/mol. The molecule has 0 bridgehead atoms. The van der Waals surface area contributed by atoms with Crippen LogP contribution in [0.3, 0.4) is 0 Å². The van der Waals surface area contributed by atoms with Gasteiger partial charge in [-0.15, -0.1) is 0 Å². The highest BCUT2D eigenvalue weighted by Gasteiger charge is 2.17. The maximum Gasteiger partial charge on any atom is 0.335 e. The number of primary amides is 1. The van der Waals surface area contributed by atoms with Gasteiger partial charge in [-0.05, 0) is 35.4 Å². The van der Waals surface area contributed by atoms with Crippen LogP contribution in [0.25, 0.3) is 0 Å². The minimum absolute atomic E-state index is 0.00220. The molecule has 0 spiro atoms. The van der Waals surface area contributed by atoms with Crippen molar-refractivity contribution in [2.45, 2.75) is 19.0 Å². The third kappa shape index (κ3) is 5.78. The lowest BCUT2D eigenvalue weighted by molar-refractivity contribution is -0.121. The van der Waals surface area contributed by atoms with Crippen molar-refractivity contribution in [3.8, 4) is 0 Å². The highest BCUT2D eigenvalue weighted by molar-refractivity contribution is 6.30. The zero-order valence-electron chi connectivity index (χ0n) is 13.7.